The Balaban J connectivity index is 2.39. The number of nitrogens with one attached hydrogen (secondary N) is 1. The van der Waals surface area contributed by atoms with Gasteiger partial charge in [-0.15, -0.1) is 0 Å². The summed E-state index contributed by atoms with van der Waals surface area (Å²) < 4.78 is 27.6. The molecule has 6 heteroatoms. The molecule has 1 aliphatic rings. The highest BCUT2D eigenvalue weighted by molar-refractivity contribution is 7.89. The van der Waals surface area contributed by atoms with Gasteiger partial charge in [0, 0.05) is 0 Å². The minimum absolute atomic E-state index is 0.0613. The van der Waals surface area contributed by atoms with Crippen molar-refractivity contribution in [2.45, 2.75) is 42.5 Å². The number of carbonyl (C=O) groups is 1. The van der Waals surface area contributed by atoms with E-state index in [1.165, 1.54) is 12.1 Å². The lowest BCUT2D eigenvalue weighted by atomic mass is 9.83. The third-order valence-electron chi connectivity index (χ3n) is 3.87. The molecule has 0 amide bonds. The lowest BCUT2D eigenvalue weighted by Gasteiger charge is -2.33. The van der Waals surface area contributed by atoms with Crippen molar-refractivity contribution in [3.8, 4) is 0 Å². The van der Waals surface area contributed by atoms with Gasteiger partial charge in [0.05, 0.1) is 4.90 Å². The van der Waals surface area contributed by atoms with Gasteiger partial charge in [0.25, 0.3) is 0 Å². The van der Waals surface area contributed by atoms with Gasteiger partial charge in [-0.1, -0.05) is 50.1 Å². The van der Waals surface area contributed by atoms with Gasteiger partial charge < -0.3 is 5.11 Å². The van der Waals surface area contributed by atoms with Crippen LogP contribution in [-0.2, 0) is 14.8 Å². The minimum atomic E-state index is -3.91. The van der Waals surface area contributed by atoms with Gasteiger partial charge in [-0.3, -0.25) is 4.79 Å². The van der Waals surface area contributed by atoms with Gasteiger partial charge >= 0.3 is 5.97 Å². The van der Waals surface area contributed by atoms with E-state index in [-0.39, 0.29) is 4.90 Å². The topological polar surface area (TPSA) is 83.5 Å². The highest BCUT2D eigenvalue weighted by Crippen LogP contribution is 2.30. The Hall–Kier alpha value is -1.66. The molecule has 1 aromatic rings. The van der Waals surface area contributed by atoms with E-state index in [4.69, 9.17) is 0 Å². The zero-order valence-corrected chi connectivity index (χ0v) is 12.5. The monoisotopic (exact) mass is 309 g/mol. The second kappa shape index (κ2) is 5.99. The number of hydrogen-bond donors (Lipinski definition) is 2. The number of sulfonamides is 1. The minimum Gasteiger partial charge on any atom is -0.480 e. The van der Waals surface area contributed by atoms with Crippen molar-refractivity contribution >= 4 is 22.1 Å². The van der Waals surface area contributed by atoms with Crippen molar-refractivity contribution in [3.63, 3.8) is 0 Å². The van der Waals surface area contributed by atoms with Crippen LogP contribution in [0.5, 0.6) is 0 Å². The second-order valence-electron chi connectivity index (χ2n) is 5.30. The molecule has 0 aromatic heterocycles. The van der Waals surface area contributed by atoms with Crippen LogP contribution in [0.3, 0.4) is 0 Å². The fraction of sp³-hybridized carbons (Fsp3) is 0.400. The van der Waals surface area contributed by atoms with Crippen LogP contribution in [0.1, 0.15) is 37.7 Å². The maximum absolute atomic E-state index is 12.6. The molecule has 0 unspecified atom stereocenters. The molecule has 1 aromatic carbocycles. The van der Waals surface area contributed by atoms with E-state index < -0.39 is 21.5 Å². The summed E-state index contributed by atoms with van der Waals surface area (Å²) in [5, 5.41) is 9.48. The average Bonchev–Trinajstić information content (AvgIpc) is 2.47. The molecule has 5 nitrogen and oxygen atoms in total. The summed E-state index contributed by atoms with van der Waals surface area (Å²) in [7, 11) is -3.91. The number of hydrogen-bond acceptors (Lipinski definition) is 3. The lowest BCUT2D eigenvalue weighted by molar-refractivity contribution is -0.145. The normalized spacial score (nSPS) is 18.1. The van der Waals surface area contributed by atoms with Crippen LogP contribution in [0.2, 0.25) is 0 Å². The van der Waals surface area contributed by atoms with Crippen LogP contribution in [0.25, 0.3) is 6.08 Å². The molecular formula is C15H19NO4S. The maximum Gasteiger partial charge on any atom is 0.324 e. The molecule has 0 radical (unpaired) electrons. The van der Waals surface area contributed by atoms with Crippen molar-refractivity contribution in [1.29, 1.82) is 0 Å². The van der Waals surface area contributed by atoms with Crippen LogP contribution in [0.4, 0.5) is 0 Å². The standard InChI is InChI=1S/C15H19NO4S/c1-2-12-8-4-5-9-13(12)21(19,20)16-15(14(17)18)10-6-3-7-11-15/h2,4-5,8-9,16H,1,3,6-7,10-11H2,(H,17,18). The largest absolute Gasteiger partial charge is 0.480 e. The first-order valence-corrected chi connectivity index (χ1v) is 8.38. The van der Waals surface area contributed by atoms with Gasteiger partial charge in [0.15, 0.2) is 0 Å². The first kappa shape index (κ1) is 15.7. The van der Waals surface area contributed by atoms with Gasteiger partial charge in [-0.05, 0) is 24.5 Å². The predicted octanol–water partition coefficient (Wildman–Crippen LogP) is 2.40. The number of rotatable bonds is 5. The first-order chi connectivity index (χ1) is 9.91. The zero-order chi connectivity index (χ0) is 15.5. The van der Waals surface area contributed by atoms with Crippen LogP contribution >= 0.6 is 0 Å². The van der Waals surface area contributed by atoms with E-state index in [9.17, 15) is 18.3 Å². The molecule has 2 N–H and O–H groups in total. The van der Waals surface area contributed by atoms with E-state index in [1.54, 1.807) is 18.2 Å². The summed E-state index contributed by atoms with van der Waals surface area (Å²) in [4.78, 5) is 11.7. The van der Waals surface area contributed by atoms with Crippen molar-refractivity contribution in [2.24, 2.45) is 0 Å². The fourth-order valence-corrected chi connectivity index (χ4v) is 4.36. The average molecular weight is 309 g/mol. The Morgan fingerprint density at radius 1 is 1.24 bits per heavy atom. The molecule has 0 saturated heterocycles. The highest BCUT2D eigenvalue weighted by atomic mass is 32.2. The smallest absolute Gasteiger partial charge is 0.324 e. The molecule has 0 aliphatic heterocycles. The third-order valence-corrected chi connectivity index (χ3v) is 5.48. The van der Waals surface area contributed by atoms with Gasteiger partial charge in [-0.2, -0.15) is 4.72 Å². The fourth-order valence-electron chi connectivity index (χ4n) is 2.72. The summed E-state index contributed by atoms with van der Waals surface area (Å²) in [5.74, 6) is -1.11. The van der Waals surface area contributed by atoms with Crippen LogP contribution < -0.4 is 4.72 Å². The molecular weight excluding hydrogens is 290 g/mol. The number of aliphatic carboxylic acids is 1. The van der Waals surface area contributed by atoms with Gasteiger partial charge in [0.2, 0.25) is 10.0 Å². The van der Waals surface area contributed by atoms with Crippen molar-refractivity contribution in [1.82, 2.24) is 4.72 Å². The Labute approximate surface area is 124 Å². The van der Waals surface area contributed by atoms with Crippen LogP contribution in [-0.4, -0.2) is 25.0 Å². The van der Waals surface area contributed by atoms with E-state index in [0.717, 1.165) is 6.42 Å². The zero-order valence-electron chi connectivity index (χ0n) is 11.7. The van der Waals surface area contributed by atoms with Crippen molar-refractivity contribution < 1.29 is 18.3 Å². The van der Waals surface area contributed by atoms with E-state index >= 15 is 0 Å². The number of carboxylic acid groups (broad SMARTS) is 1. The Kier molecular flexibility index (Phi) is 4.49. The molecule has 1 fully saturated rings. The molecule has 21 heavy (non-hydrogen) atoms. The summed E-state index contributed by atoms with van der Waals surface area (Å²) in [6, 6.07) is 6.41. The predicted molar refractivity (Wildman–Crippen MR) is 80.3 cm³/mol. The maximum atomic E-state index is 12.6. The quantitative estimate of drug-likeness (QED) is 0.875. The first-order valence-electron chi connectivity index (χ1n) is 6.90. The van der Waals surface area contributed by atoms with Crippen LogP contribution in [0, 0.1) is 0 Å². The molecule has 0 spiro atoms. The lowest BCUT2D eigenvalue weighted by Crippen LogP contribution is -2.55. The summed E-state index contributed by atoms with van der Waals surface area (Å²) >= 11 is 0. The molecule has 2 rings (SSSR count). The summed E-state index contributed by atoms with van der Waals surface area (Å²) in [5.41, 5.74) is -0.938. The molecule has 1 aliphatic carbocycles. The SMILES string of the molecule is C=Cc1ccccc1S(=O)(=O)NC1(C(=O)O)CCCCC1. The molecule has 0 atom stereocenters. The molecule has 0 bridgehead atoms. The Bertz CT molecular complexity index is 645. The van der Waals surface area contributed by atoms with E-state index in [1.807, 2.05) is 0 Å². The summed E-state index contributed by atoms with van der Waals surface area (Å²) in [6.07, 6.45) is 4.42. The van der Waals surface area contributed by atoms with Gasteiger partial charge in [-0.25, -0.2) is 8.42 Å². The van der Waals surface area contributed by atoms with E-state index in [0.29, 0.717) is 31.2 Å². The van der Waals surface area contributed by atoms with Crippen LogP contribution in [0.15, 0.2) is 35.7 Å². The highest BCUT2D eigenvalue weighted by Gasteiger charge is 2.43. The Morgan fingerprint density at radius 3 is 2.43 bits per heavy atom. The summed E-state index contributed by atoms with van der Waals surface area (Å²) in [6.45, 7) is 3.60. The third kappa shape index (κ3) is 3.16. The molecule has 1 saturated carbocycles. The molecule has 114 valence electrons. The molecule has 0 heterocycles. The van der Waals surface area contributed by atoms with Crippen molar-refractivity contribution in [3.05, 3.63) is 36.4 Å². The van der Waals surface area contributed by atoms with Crippen molar-refractivity contribution in [2.75, 3.05) is 0 Å². The number of benzene rings is 1. The van der Waals surface area contributed by atoms with Gasteiger partial charge in [0.1, 0.15) is 5.54 Å². The second-order valence-corrected chi connectivity index (χ2v) is 6.95. The van der Waals surface area contributed by atoms with E-state index in [2.05, 4.69) is 11.3 Å². The Morgan fingerprint density at radius 2 is 1.86 bits per heavy atom. The number of carboxylic acids is 1.